The van der Waals surface area contributed by atoms with Gasteiger partial charge in [-0.05, 0) is 37.3 Å². The summed E-state index contributed by atoms with van der Waals surface area (Å²) in [5.74, 6) is 0. The summed E-state index contributed by atoms with van der Waals surface area (Å²) in [5, 5.41) is 8.89. The molecule has 0 aliphatic heterocycles. The van der Waals surface area contributed by atoms with Gasteiger partial charge in [-0.3, -0.25) is 0 Å². The van der Waals surface area contributed by atoms with Gasteiger partial charge in [-0.1, -0.05) is 0 Å². The summed E-state index contributed by atoms with van der Waals surface area (Å²) in [4.78, 5) is 3.12. The van der Waals surface area contributed by atoms with Gasteiger partial charge in [0.05, 0.1) is 29.3 Å². The molecule has 1 aromatic carbocycles. The summed E-state index contributed by atoms with van der Waals surface area (Å²) >= 11 is 5.25. The second-order valence-corrected chi connectivity index (χ2v) is 4.01. The molecule has 0 amide bonds. The molecular weight excluding hydrogens is 234 g/mol. The van der Waals surface area contributed by atoms with Crippen molar-refractivity contribution in [3.63, 3.8) is 0 Å². The molecule has 2 aromatic rings. The van der Waals surface area contributed by atoms with E-state index in [-0.39, 0.29) is 0 Å². The lowest BCUT2D eigenvalue weighted by Gasteiger charge is -2.04. The Labute approximate surface area is 104 Å². The maximum Gasteiger partial charge on any atom is 0.178 e. The molecule has 17 heavy (non-hydrogen) atoms. The van der Waals surface area contributed by atoms with E-state index in [0.29, 0.717) is 30.1 Å². The van der Waals surface area contributed by atoms with Crippen LogP contribution in [0.2, 0.25) is 0 Å². The fourth-order valence-electron chi connectivity index (χ4n) is 1.74. The van der Waals surface area contributed by atoms with Crippen LogP contribution >= 0.6 is 12.2 Å². The molecule has 88 valence electrons. The number of nitrogens with zero attached hydrogens (tertiary/aromatic N) is 2. The molecule has 0 unspecified atom stereocenters. The number of hydrogen-bond donors (Lipinski definition) is 1. The van der Waals surface area contributed by atoms with E-state index in [1.807, 2.05) is 23.6 Å². The summed E-state index contributed by atoms with van der Waals surface area (Å²) in [5.41, 5.74) is 2.54. The van der Waals surface area contributed by atoms with Crippen molar-refractivity contribution >= 4 is 23.3 Å². The fraction of sp³-hybridized carbons (Fsp3) is 0.333. The molecule has 1 aromatic heterocycles. The monoisotopic (exact) mass is 247 g/mol. The minimum absolute atomic E-state index is 0.620. The van der Waals surface area contributed by atoms with Gasteiger partial charge in [-0.15, -0.1) is 0 Å². The van der Waals surface area contributed by atoms with Crippen LogP contribution in [0.4, 0.5) is 0 Å². The molecule has 0 fully saturated rings. The predicted molar refractivity (Wildman–Crippen MR) is 68.3 cm³/mol. The standard InChI is InChI=1S/C12H13N3OS/c1-2-16-6-5-15-11-7-9(8-13)3-4-10(11)14-12(15)17/h3-4,7H,2,5-6H2,1H3,(H,14,17). The van der Waals surface area contributed by atoms with Crippen LogP contribution in [-0.2, 0) is 11.3 Å². The second kappa shape index (κ2) is 5.13. The highest BCUT2D eigenvalue weighted by Gasteiger charge is 2.05. The number of benzene rings is 1. The second-order valence-electron chi connectivity index (χ2n) is 3.62. The number of aromatic nitrogens is 2. The van der Waals surface area contributed by atoms with E-state index in [1.54, 1.807) is 6.07 Å². The average molecular weight is 247 g/mol. The van der Waals surface area contributed by atoms with E-state index in [4.69, 9.17) is 22.2 Å². The van der Waals surface area contributed by atoms with Gasteiger partial charge < -0.3 is 14.3 Å². The lowest BCUT2D eigenvalue weighted by molar-refractivity contribution is 0.139. The van der Waals surface area contributed by atoms with Crippen LogP contribution in [0.15, 0.2) is 18.2 Å². The van der Waals surface area contributed by atoms with Crippen molar-refractivity contribution in [3.8, 4) is 6.07 Å². The van der Waals surface area contributed by atoms with Gasteiger partial charge in [0.25, 0.3) is 0 Å². The lowest BCUT2D eigenvalue weighted by atomic mass is 10.2. The van der Waals surface area contributed by atoms with Gasteiger partial charge in [0.2, 0.25) is 0 Å². The molecule has 4 nitrogen and oxygen atoms in total. The molecule has 0 bridgehead atoms. The smallest absolute Gasteiger partial charge is 0.178 e. The lowest BCUT2D eigenvalue weighted by Crippen LogP contribution is -2.05. The summed E-state index contributed by atoms with van der Waals surface area (Å²) in [6.45, 7) is 3.97. The number of imidazole rings is 1. The number of nitrogens with one attached hydrogen (secondary N) is 1. The third kappa shape index (κ3) is 2.38. The van der Waals surface area contributed by atoms with E-state index in [1.165, 1.54) is 0 Å². The molecule has 0 saturated carbocycles. The Morgan fingerprint density at radius 3 is 3.06 bits per heavy atom. The first kappa shape index (κ1) is 11.8. The van der Waals surface area contributed by atoms with E-state index < -0.39 is 0 Å². The molecule has 0 atom stereocenters. The first-order valence-corrected chi connectivity index (χ1v) is 5.87. The van der Waals surface area contributed by atoms with Gasteiger partial charge in [-0.25, -0.2) is 0 Å². The van der Waals surface area contributed by atoms with E-state index in [2.05, 4.69) is 11.1 Å². The summed E-state index contributed by atoms with van der Waals surface area (Å²) in [6, 6.07) is 7.63. The van der Waals surface area contributed by atoms with Gasteiger partial charge in [-0.2, -0.15) is 5.26 Å². The van der Waals surface area contributed by atoms with Crippen LogP contribution in [0.25, 0.3) is 11.0 Å². The van der Waals surface area contributed by atoms with E-state index in [0.717, 1.165) is 11.0 Å². The minimum atomic E-state index is 0.620. The molecule has 2 rings (SSSR count). The van der Waals surface area contributed by atoms with Crippen LogP contribution < -0.4 is 0 Å². The van der Waals surface area contributed by atoms with Crippen LogP contribution in [0, 0.1) is 16.1 Å². The normalized spacial score (nSPS) is 10.6. The quantitative estimate of drug-likeness (QED) is 0.667. The van der Waals surface area contributed by atoms with Crippen LogP contribution in [0.1, 0.15) is 12.5 Å². The predicted octanol–water partition coefficient (Wildman–Crippen LogP) is 2.61. The highest BCUT2D eigenvalue weighted by atomic mass is 32.1. The van der Waals surface area contributed by atoms with Gasteiger partial charge in [0.15, 0.2) is 4.77 Å². The van der Waals surface area contributed by atoms with Crippen LogP contribution in [0.5, 0.6) is 0 Å². The van der Waals surface area contributed by atoms with Gasteiger partial charge >= 0.3 is 0 Å². The molecular formula is C12H13N3OS. The highest BCUT2D eigenvalue weighted by Crippen LogP contribution is 2.15. The zero-order valence-electron chi connectivity index (χ0n) is 9.56. The van der Waals surface area contributed by atoms with Crippen molar-refractivity contribution in [1.82, 2.24) is 9.55 Å². The van der Waals surface area contributed by atoms with Crippen molar-refractivity contribution < 1.29 is 4.74 Å². The summed E-state index contributed by atoms with van der Waals surface area (Å²) in [7, 11) is 0. The summed E-state index contributed by atoms with van der Waals surface area (Å²) in [6.07, 6.45) is 0. The number of ether oxygens (including phenoxy) is 1. The maximum atomic E-state index is 8.89. The van der Waals surface area contributed by atoms with Crippen molar-refractivity contribution in [2.75, 3.05) is 13.2 Å². The molecule has 1 heterocycles. The number of rotatable bonds is 4. The SMILES string of the molecule is CCOCCn1c(=S)[nH]c2ccc(C#N)cc21. The van der Waals surface area contributed by atoms with Crippen LogP contribution in [-0.4, -0.2) is 22.8 Å². The Bertz CT molecular complexity index is 621. The van der Waals surface area contributed by atoms with Crippen molar-refractivity contribution in [2.45, 2.75) is 13.5 Å². The summed E-state index contributed by atoms with van der Waals surface area (Å²) < 4.78 is 7.94. The van der Waals surface area contributed by atoms with E-state index in [9.17, 15) is 0 Å². The molecule has 0 spiro atoms. The third-order valence-corrected chi connectivity index (χ3v) is 2.89. The van der Waals surface area contributed by atoms with Crippen molar-refractivity contribution in [1.29, 1.82) is 5.26 Å². The third-order valence-electron chi connectivity index (χ3n) is 2.57. The molecule has 0 aliphatic carbocycles. The Hall–Kier alpha value is -1.64. The zero-order valence-corrected chi connectivity index (χ0v) is 10.4. The minimum Gasteiger partial charge on any atom is -0.380 e. The zero-order chi connectivity index (χ0) is 12.3. The van der Waals surface area contributed by atoms with Crippen molar-refractivity contribution in [3.05, 3.63) is 28.5 Å². The Kier molecular flexibility index (Phi) is 3.57. The molecule has 1 N–H and O–H groups in total. The first-order valence-electron chi connectivity index (χ1n) is 5.46. The molecule has 0 aliphatic rings. The maximum absolute atomic E-state index is 8.89. The largest absolute Gasteiger partial charge is 0.380 e. The van der Waals surface area contributed by atoms with E-state index >= 15 is 0 Å². The van der Waals surface area contributed by atoms with Gasteiger partial charge in [0, 0.05) is 13.2 Å². The average Bonchev–Trinajstić information content (AvgIpc) is 2.65. The first-order chi connectivity index (χ1) is 8.26. The van der Waals surface area contributed by atoms with Crippen molar-refractivity contribution in [2.24, 2.45) is 0 Å². The van der Waals surface area contributed by atoms with Crippen LogP contribution in [0.3, 0.4) is 0 Å². The number of fused-ring (bicyclic) bond motifs is 1. The van der Waals surface area contributed by atoms with Gasteiger partial charge in [0.1, 0.15) is 0 Å². The number of H-pyrrole nitrogens is 1. The molecule has 5 heteroatoms. The Morgan fingerprint density at radius 1 is 1.53 bits per heavy atom. The fourth-order valence-corrected chi connectivity index (χ4v) is 2.04. The highest BCUT2D eigenvalue weighted by molar-refractivity contribution is 7.71. The number of hydrogen-bond acceptors (Lipinski definition) is 3. The molecule has 0 radical (unpaired) electrons. The molecule has 0 saturated heterocycles. The topological polar surface area (TPSA) is 53.7 Å². The Balaban J connectivity index is 2.42. The number of aromatic amines is 1. The Morgan fingerprint density at radius 2 is 2.35 bits per heavy atom. The number of nitriles is 1.